The highest BCUT2D eigenvalue weighted by Gasteiger charge is 2.22. The van der Waals surface area contributed by atoms with E-state index in [1.807, 2.05) is 6.07 Å². The van der Waals surface area contributed by atoms with Gasteiger partial charge >= 0.3 is 0 Å². The Kier molecular flexibility index (Phi) is 3.44. The Hall–Kier alpha value is -1.09. The van der Waals surface area contributed by atoms with E-state index < -0.39 is 0 Å². The first-order chi connectivity index (χ1) is 7.66. The third-order valence-corrected chi connectivity index (χ3v) is 3.14. The van der Waals surface area contributed by atoms with E-state index in [0.29, 0.717) is 17.2 Å². The van der Waals surface area contributed by atoms with Crippen molar-refractivity contribution in [2.24, 2.45) is 5.92 Å². The van der Waals surface area contributed by atoms with Crippen molar-refractivity contribution in [2.45, 2.75) is 26.4 Å². The van der Waals surface area contributed by atoms with Gasteiger partial charge in [0.1, 0.15) is 17.7 Å². The Labute approximate surface area is 95.8 Å². The van der Waals surface area contributed by atoms with E-state index >= 15 is 0 Å². The summed E-state index contributed by atoms with van der Waals surface area (Å²) in [5, 5.41) is 3.32. The number of hydrogen-bond acceptors (Lipinski definition) is 2. The van der Waals surface area contributed by atoms with Gasteiger partial charge in [-0.05, 0) is 31.5 Å². The van der Waals surface area contributed by atoms with Gasteiger partial charge < -0.3 is 10.1 Å². The summed E-state index contributed by atoms with van der Waals surface area (Å²) in [5.41, 5.74) is 0.658. The van der Waals surface area contributed by atoms with Crippen LogP contribution in [-0.2, 0) is 0 Å². The second-order valence-corrected chi connectivity index (χ2v) is 4.54. The number of aryl methyl sites for hydroxylation is 1. The van der Waals surface area contributed by atoms with Crippen LogP contribution in [0.15, 0.2) is 18.2 Å². The van der Waals surface area contributed by atoms with Gasteiger partial charge in [-0.15, -0.1) is 0 Å². The third-order valence-electron chi connectivity index (χ3n) is 3.14. The molecule has 2 nitrogen and oxygen atoms in total. The fourth-order valence-electron chi connectivity index (χ4n) is 1.99. The van der Waals surface area contributed by atoms with Crippen LogP contribution in [0.3, 0.4) is 0 Å². The molecule has 0 saturated carbocycles. The summed E-state index contributed by atoms with van der Waals surface area (Å²) >= 11 is 0. The zero-order valence-electron chi connectivity index (χ0n) is 9.79. The SMILES string of the molecule is Cc1ccc(OC2CCNCC2C)cc1F. The molecule has 1 N–H and O–H groups in total. The Bertz CT molecular complexity index is 367. The van der Waals surface area contributed by atoms with Crippen LogP contribution in [0.4, 0.5) is 4.39 Å². The first kappa shape index (κ1) is 11.4. The summed E-state index contributed by atoms with van der Waals surface area (Å²) < 4.78 is 19.2. The fraction of sp³-hybridized carbons (Fsp3) is 0.538. The highest BCUT2D eigenvalue weighted by molar-refractivity contribution is 5.28. The molecule has 1 heterocycles. The Morgan fingerprint density at radius 3 is 2.94 bits per heavy atom. The summed E-state index contributed by atoms with van der Waals surface area (Å²) in [6.45, 7) is 5.86. The second kappa shape index (κ2) is 4.83. The smallest absolute Gasteiger partial charge is 0.129 e. The van der Waals surface area contributed by atoms with Gasteiger partial charge in [0.2, 0.25) is 0 Å². The fourth-order valence-corrected chi connectivity index (χ4v) is 1.99. The van der Waals surface area contributed by atoms with E-state index in [1.165, 1.54) is 6.07 Å². The lowest BCUT2D eigenvalue weighted by atomic mass is 9.98. The van der Waals surface area contributed by atoms with Crippen LogP contribution in [0, 0.1) is 18.7 Å². The van der Waals surface area contributed by atoms with Crippen molar-refractivity contribution in [1.29, 1.82) is 0 Å². The maximum Gasteiger partial charge on any atom is 0.129 e. The number of ether oxygens (including phenoxy) is 1. The Balaban J connectivity index is 2.05. The lowest BCUT2D eigenvalue weighted by Crippen LogP contribution is -2.41. The predicted molar refractivity (Wildman–Crippen MR) is 62.2 cm³/mol. The van der Waals surface area contributed by atoms with E-state index in [-0.39, 0.29) is 11.9 Å². The topological polar surface area (TPSA) is 21.3 Å². The summed E-state index contributed by atoms with van der Waals surface area (Å²) in [6, 6.07) is 5.08. The molecule has 1 aliphatic heterocycles. The number of benzene rings is 1. The van der Waals surface area contributed by atoms with E-state index in [9.17, 15) is 4.39 Å². The number of nitrogens with one attached hydrogen (secondary N) is 1. The van der Waals surface area contributed by atoms with Crippen molar-refractivity contribution in [2.75, 3.05) is 13.1 Å². The molecule has 0 radical (unpaired) electrons. The second-order valence-electron chi connectivity index (χ2n) is 4.54. The normalized spacial score (nSPS) is 25.4. The highest BCUT2D eigenvalue weighted by atomic mass is 19.1. The molecule has 1 saturated heterocycles. The highest BCUT2D eigenvalue weighted by Crippen LogP contribution is 2.21. The molecular weight excluding hydrogens is 205 g/mol. The van der Waals surface area contributed by atoms with Gasteiger partial charge in [0.05, 0.1) is 0 Å². The molecule has 0 bridgehead atoms. The molecule has 2 atom stereocenters. The molecular formula is C13H18FNO. The average molecular weight is 223 g/mol. The van der Waals surface area contributed by atoms with E-state index in [0.717, 1.165) is 19.5 Å². The van der Waals surface area contributed by atoms with Crippen molar-refractivity contribution in [3.05, 3.63) is 29.6 Å². The monoisotopic (exact) mass is 223 g/mol. The van der Waals surface area contributed by atoms with Crippen molar-refractivity contribution in [3.8, 4) is 5.75 Å². The summed E-state index contributed by atoms with van der Waals surface area (Å²) in [5.74, 6) is 0.916. The lowest BCUT2D eigenvalue weighted by molar-refractivity contribution is 0.111. The number of halogens is 1. The van der Waals surface area contributed by atoms with Gasteiger partial charge in [-0.1, -0.05) is 13.0 Å². The molecule has 0 aliphatic carbocycles. The summed E-state index contributed by atoms with van der Waals surface area (Å²) in [4.78, 5) is 0. The Morgan fingerprint density at radius 1 is 1.44 bits per heavy atom. The molecule has 0 aromatic heterocycles. The maximum atomic E-state index is 13.3. The van der Waals surface area contributed by atoms with Crippen LogP contribution < -0.4 is 10.1 Å². The molecule has 1 aromatic rings. The van der Waals surface area contributed by atoms with Crippen molar-refractivity contribution < 1.29 is 9.13 Å². The number of hydrogen-bond donors (Lipinski definition) is 1. The average Bonchev–Trinajstić information content (AvgIpc) is 2.27. The summed E-state index contributed by atoms with van der Waals surface area (Å²) in [7, 11) is 0. The molecule has 0 amide bonds. The molecule has 1 aliphatic rings. The van der Waals surface area contributed by atoms with Crippen LogP contribution >= 0.6 is 0 Å². The van der Waals surface area contributed by atoms with Crippen LogP contribution in [0.2, 0.25) is 0 Å². The van der Waals surface area contributed by atoms with Crippen LogP contribution in [0.25, 0.3) is 0 Å². The number of rotatable bonds is 2. The van der Waals surface area contributed by atoms with Gasteiger partial charge in [0.25, 0.3) is 0 Å². The minimum atomic E-state index is -0.195. The zero-order valence-corrected chi connectivity index (χ0v) is 9.79. The molecule has 3 heteroatoms. The molecule has 1 aromatic carbocycles. The molecule has 2 rings (SSSR count). The van der Waals surface area contributed by atoms with Crippen molar-refractivity contribution >= 4 is 0 Å². The minimum Gasteiger partial charge on any atom is -0.490 e. The first-order valence-electron chi connectivity index (χ1n) is 5.80. The van der Waals surface area contributed by atoms with E-state index in [1.54, 1.807) is 13.0 Å². The maximum absolute atomic E-state index is 13.3. The van der Waals surface area contributed by atoms with Crippen LogP contribution in [-0.4, -0.2) is 19.2 Å². The van der Waals surface area contributed by atoms with Gasteiger partial charge in [0.15, 0.2) is 0 Å². The third kappa shape index (κ3) is 2.53. The largest absolute Gasteiger partial charge is 0.490 e. The van der Waals surface area contributed by atoms with Gasteiger partial charge in [-0.2, -0.15) is 0 Å². The first-order valence-corrected chi connectivity index (χ1v) is 5.80. The molecule has 2 unspecified atom stereocenters. The molecule has 88 valence electrons. The van der Waals surface area contributed by atoms with Crippen molar-refractivity contribution in [1.82, 2.24) is 5.32 Å². The lowest BCUT2D eigenvalue weighted by Gasteiger charge is -2.30. The van der Waals surface area contributed by atoms with Gasteiger partial charge in [-0.25, -0.2) is 4.39 Å². The van der Waals surface area contributed by atoms with Crippen LogP contribution in [0.5, 0.6) is 5.75 Å². The van der Waals surface area contributed by atoms with E-state index in [4.69, 9.17) is 4.74 Å². The molecule has 1 fully saturated rings. The van der Waals surface area contributed by atoms with Gasteiger partial charge in [-0.3, -0.25) is 0 Å². The quantitative estimate of drug-likeness (QED) is 0.831. The number of piperidine rings is 1. The molecule has 16 heavy (non-hydrogen) atoms. The van der Waals surface area contributed by atoms with Crippen LogP contribution in [0.1, 0.15) is 18.9 Å². The zero-order chi connectivity index (χ0) is 11.5. The van der Waals surface area contributed by atoms with E-state index in [2.05, 4.69) is 12.2 Å². The summed E-state index contributed by atoms with van der Waals surface area (Å²) in [6.07, 6.45) is 1.18. The standard InChI is InChI=1S/C13H18FNO/c1-9-3-4-11(7-12(9)14)16-13-5-6-15-8-10(13)2/h3-4,7,10,13,15H,5-6,8H2,1-2H3. The predicted octanol–water partition coefficient (Wildman–Crippen LogP) is 2.51. The van der Waals surface area contributed by atoms with Crippen molar-refractivity contribution in [3.63, 3.8) is 0 Å². The molecule has 0 spiro atoms. The van der Waals surface area contributed by atoms with Gasteiger partial charge in [0, 0.05) is 18.5 Å². The Morgan fingerprint density at radius 2 is 2.25 bits per heavy atom. The minimum absolute atomic E-state index is 0.195.